The second kappa shape index (κ2) is 4.90. The maximum absolute atomic E-state index is 12.1. The van der Waals surface area contributed by atoms with Crippen LogP contribution in [0.1, 0.15) is 10.5 Å². The Labute approximate surface area is 116 Å². The predicted molar refractivity (Wildman–Crippen MR) is 77.4 cm³/mol. The number of hydrogen-bond donors (Lipinski definition) is 0. The molecule has 94 valence electrons. The molecule has 0 unspecified atom stereocenters. The Kier molecular flexibility index (Phi) is 3.09. The van der Waals surface area contributed by atoms with E-state index < -0.39 is 0 Å². The first kappa shape index (κ1) is 12.0. The van der Waals surface area contributed by atoms with Crippen molar-refractivity contribution in [3.05, 3.63) is 65.5 Å². The number of para-hydroxylation sites is 1. The summed E-state index contributed by atoms with van der Waals surface area (Å²) in [6.07, 6.45) is 3.28. The number of rotatable bonds is 2. The Morgan fingerprint density at radius 2 is 2.00 bits per heavy atom. The molecule has 0 bridgehead atoms. The first-order valence-electron chi connectivity index (χ1n) is 5.93. The van der Waals surface area contributed by atoms with Gasteiger partial charge in [0.15, 0.2) is 0 Å². The van der Waals surface area contributed by atoms with Gasteiger partial charge in [-0.1, -0.05) is 30.0 Å². The van der Waals surface area contributed by atoms with E-state index in [4.69, 9.17) is 0 Å². The topological polar surface area (TPSA) is 33.2 Å². The lowest BCUT2D eigenvalue weighted by Gasteiger charge is -2.12. The standard InChI is InChI=1S/C15H12N2OS/c1-17-12-7-2-3-8-14(12)19-15(17)10-13(18)11-6-4-5-9-16-11/h2-10H,1H3. The van der Waals surface area contributed by atoms with Gasteiger partial charge in [0.1, 0.15) is 5.69 Å². The average Bonchev–Trinajstić information content (AvgIpc) is 2.77. The van der Waals surface area contributed by atoms with E-state index in [-0.39, 0.29) is 5.78 Å². The molecular weight excluding hydrogens is 256 g/mol. The summed E-state index contributed by atoms with van der Waals surface area (Å²) >= 11 is 1.61. The molecule has 0 saturated heterocycles. The molecule has 1 aliphatic heterocycles. The molecule has 0 saturated carbocycles. The van der Waals surface area contributed by atoms with Crippen LogP contribution in [0.2, 0.25) is 0 Å². The van der Waals surface area contributed by atoms with Crippen LogP contribution in [-0.4, -0.2) is 17.8 Å². The van der Waals surface area contributed by atoms with Gasteiger partial charge in [0.25, 0.3) is 0 Å². The van der Waals surface area contributed by atoms with E-state index in [0.717, 1.165) is 10.7 Å². The van der Waals surface area contributed by atoms with Gasteiger partial charge in [-0.3, -0.25) is 9.78 Å². The molecule has 3 rings (SSSR count). The van der Waals surface area contributed by atoms with Crippen molar-refractivity contribution in [3.63, 3.8) is 0 Å². The lowest BCUT2D eigenvalue weighted by molar-refractivity contribution is 0.104. The minimum Gasteiger partial charge on any atom is -0.338 e. The molecule has 4 heteroatoms. The smallest absolute Gasteiger partial charge is 0.206 e. The lowest BCUT2D eigenvalue weighted by Crippen LogP contribution is -2.11. The average molecular weight is 268 g/mol. The van der Waals surface area contributed by atoms with Crippen LogP contribution in [0.25, 0.3) is 0 Å². The van der Waals surface area contributed by atoms with Crippen LogP contribution < -0.4 is 4.90 Å². The molecule has 2 heterocycles. The Morgan fingerprint density at radius 3 is 2.74 bits per heavy atom. The summed E-state index contributed by atoms with van der Waals surface area (Å²) < 4.78 is 0. The maximum Gasteiger partial charge on any atom is 0.206 e. The van der Waals surface area contributed by atoms with E-state index in [9.17, 15) is 4.79 Å². The number of nitrogens with zero attached hydrogens (tertiary/aromatic N) is 2. The van der Waals surface area contributed by atoms with Gasteiger partial charge in [0.05, 0.1) is 10.7 Å². The molecule has 0 fully saturated rings. The first-order chi connectivity index (χ1) is 9.25. The van der Waals surface area contributed by atoms with Gasteiger partial charge in [0, 0.05) is 24.2 Å². The Balaban J connectivity index is 1.89. The highest BCUT2D eigenvalue weighted by Gasteiger charge is 2.22. The summed E-state index contributed by atoms with van der Waals surface area (Å²) in [5.74, 6) is -0.0669. The van der Waals surface area contributed by atoms with Crippen molar-refractivity contribution >= 4 is 23.2 Å². The zero-order valence-electron chi connectivity index (χ0n) is 10.4. The third-order valence-corrected chi connectivity index (χ3v) is 4.11. The number of fused-ring (bicyclic) bond motifs is 1. The van der Waals surface area contributed by atoms with Crippen LogP contribution in [0.3, 0.4) is 0 Å². The highest BCUT2D eigenvalue weighted by atomic mass is 32.2. The summed E-state index contributed by atoms with van der Waals surface area (Å²) in [5.41, 5.74) is 1.60. The molecule has 0 aliphatic carbocycles. The number of anilines is 1. The summed E-state index contributed by atoms with van der Waals surface area (Å²) in [7, 11) is 1.97. The number of benzene rings is 1. The summed E-state index contributed by atoms with van der Waals surface area (Å²) in [6, 6.07) is 13.5. The third kappa shape index (κ3) is 2.27. The molecule has 0 amide bonds. The fourth-order valence-electron chi connectivity index (χ4n) is 1.94. The number of carbonyl (C=O) groups excluding carboxylic acids is 1. The molecule has 0 N–H and O–H groups in total. The van der Waals surface area contributed by atoms with Crippen molar-refractivity contribution in [2.45, 2.75) is 4.90 Å². The summed E-state index contributed by atoms with van der Waals surface area (Å²) in [5, 5.41) is 0.928. The number of hydrogen-bond acceptors (Lipinski definition) is 4. The zero-order chi connectivity index (χ0) is 13.2. The number of allylic oxidation sites excluding steroid dienone is 1. The van der Waals surface area contributed by atoms with Gasteiger partial charge >= 0.3 is 0 Å². The van der Waals surface area contributed by atoms with Crippen molar-refractivity contribution in [3.8, 4) is 0 Å². The van der Waals surface area contributed by atoms with Gasteiger partial charge in [-0.05, 0) is 24.3 Å². The number of carbonyl (C=O) groups is 1. The van der Waals surface area contributed by atoms with Gasteiger partial charge in [0.2, 0.25) is 5.78 Å². The number of thioether (sulfide) groups is 1. The highest BCUT2D eigenvalue weighted by Crippen LogP contribution is 2.44. The SMILES string of the molecule is CN1C(=CC(=O)c2ccccn2)Sc2ccccc21. The van der Waals surface area contributed by atoms with Crippen LogP contribution in [0.4, 0.5) is 5.69 Å². The van der Waals surface area contributed by atoms with E-state index in [2.05, 4.69) is 17.1 Å². The van der Waals surface area contributed by atoms with Crippen LogP contribution in [0.5, 0.6) is 0 Å². The van der Waals surface area contributed by atoms with Crippen LogP contribution >= 0.6 is 11.8 Å². The van der Waals surface area contributed by atoms with Crippen molar-refractivity contribution in [2.24, 2.45) is 0 Å². The van der Waals surface area contributed by atoms with Crippen LogP contribution in [0.15, 0.2) is 64.7 Å². The van der Waals surface area contributed by atoms with Gasteiger partial charge in [-0.25, -0.2) is 0 Å². The van der Waals surface area contributed by atoms with Gasteiger partial charge in [-0.2, -0.15) is 0 Å². The highest BCUT2D eigenvalue weighted by molar-refractivity contribution is 8.03. The minimum absolute atomic E-state index is 0.0669. The molecule has 0 spiro atoms. The molecule has 3 nitrogen and oxygen atoms in total. The van der Waals surface area contributed by atoms with Crippen molar-refractivity contribution in [1.29, 1.82) is 0 Å². The van der Waals surface area contributed by atoms with E-state index in [1.54, 1.807) is 36.2 Å². The first-order valence-corrected chi connectivity index (χ1v) is 6.75. The second-order valence-corrected chi connectivity index (χ2v) is 5.25. The van der Waals surface area contributed by atoms with E-state index in [1.807, 2.05) is 30.1 Å². The number of ketones is 1. The predicted octanol–water partition coefficient (Wildman–Crippen LogP) is 3.35. The van der Waals surface area contributed by atoms with E-state index in [0.29, 0.717) is 5.69 Å². The Morgan fingerprint density at radius 1 is 1.21 bits per heavy atom. The maximum atomic E-state index is 12.1. The quantitative estimate of drug-likeness (QED) is 0.618. The van der Waals surface area contributed by atoms with E-state index >= 15 is 0 Å². The fraction of sp³-hybridized carbons (Fsp3) is 0.0667. The molecule has 1 aromatic heterocycles. The molecular formula is C15H12N2OS. The lowest BCUT2D eigenvalue weighted by atomic mass is 10.2. The van der Waals surface area contributed by atoms with Gasteiger partial charge in [-0.15, -0.1) is 0 Å². The van der Waals surface area contributed by atoms with Gasteiger partial charge < -0.3 is 4.90 Å². The largest absolute Gasteiger partial charge is 0.338 e. The molecule has 0 radical (unpaired) electrons. The second-order valence-electron chi connectivity index (χ2n) is 4.19. The molecule has 1 aliphatic rings. The Bertz CT molecular complexity index is 652. The van der Waals surface area contributed by atoms with E-state index in [1.165, 1.54) is 4.90 Å². The zero-order valence-corrected chi connectivity index (χ0v) is 11.2. The number of pyridine rings is 1. The van der Waals surface area contributed by atoms with Crippen molar-refractivity contribution < 1.29 is 4.79 Å². The van der Waals surface area contributed by atoms with Crippen LogP contribution in [0, 0.1) is 0 Å². The normalized spacial score (nSPS) is 15.6. The molecule has 2 aromatic rings. The third-order valence-electron chi connectivity index (χ3n) is 2.94. The monoisotopic (exact) mass is 268 g/mol. The summed E-state index contributed by atoms with van der Waals surface area (Å²) in [6.45, 7) is 0. The molecule has 19 heavy (non-hydrogen) atoms. The molecule has 1 aromatic carbocycles. The summed E-state index contributed by atoms with van der Waals surface area (Å²) in [4.78, 5) is 19.4. The Hall–Kier alpha value is -2.07. The minimum atomic E-state index is -0.0669. The van der Waals surface area contributed by atoms with Crippen molar-refractivity contribution in [2.75, 3.05) is 11.9 Å². The van der Waals surface area contributed by atoms with Crippen LogP contribution in [-0.2, 0) is 0 Å². The molecule has 0 atom stereocenters. The van der Waals surface area contributed by atoms with Crippen molar-refractivity contribution in [1.82, 2.24) is 4.98 Å². The fourth-order valence-corrected chi connectivity index (χ4v) is 3.02. The number of aromatic nitrogens is 1.